The van der Waals surface area contributed by atoms with E-state index in [4.69, 9.17) is 0 Å². The van der Waals surface area contributed by atoms with E-state index >= 15 is 0 Å². The molecular weight excluding hydrogens is 328 g/mol. The molecule has 0 saturated carbocycles. The first-order valence-electron chi connectivity index (χ1n) is 9.76. The zero-order valence-electron chi connectivity index (χ0n) is 15.2. The minimum atomic E-state index is -0.0696. The molecule has 26 heavy (non-hydrogen) atoms. The van der Waals surface area contributed by atoms with Crippen LogP contribution in [0.25, 0.3) is 11.0 Å². The number of amides is 1. The Morgan fingerprint density at radius 2 is 1.65 bits per heavy atom. The Morgan fingerprint density at radius 3 is 2.42 bits per heavy atom. The van der Waals surface area contributed by atoms with Crippen LogP contribution in [-0.2, 0) is 11.3 Å². The van der Waals surface area contributed by atoms with Gasteiger partial charge in [0.2, 0.25) is 5.91 Å². The Kier molecular flexibility index (Phi) is 4.91. The zero-order valence-corrected chi connectivity index (χ0v) is 15.2. The zero-order chi connectivity index (χ0) is 17.9. The van der Waals surface area contributed by atoms with Crippen molar-refractivity contribution in [1.82, 2.24) is 14.5 Å². The highest BCUT2D eigenvalue weighted by Gasteiger charge is 2.21. The highest BCUT2D eigenvalue weighted by molar-refractivity contribution is 5.78. The molecule has 2 aliphatic rings. The number of likely N-dealkylation sites (tertiary alicyclic amines) is 1. The SMILES string of the molecule is O=C(CCn1c(=O)c(N2CCCCC2)nc2ccccc21)N1CCCC1. The molecule has 2 aromatic rings. The number of piperidine rings is 1. The summed E-state index contributed by atoms with van der Waals surface area (Å²) < 4.78 is 1.75. The second-order valence-corrected chi connectivity index (χ2v) is 7.27. The van der Waals surface area contributed by atoms with Crippen molar-refractivity contribution in [2.24, 2.45) is 0 Å². The summed E-state index contributed by atoms with van der Waals surface area (Å²) in [6.45, 7) is 3.88. The van der Waals surface area contributed by atoms with Crippen molar-refractivity contribution in [3.63, 3.8) is 0 Å². The Labute approximate surface area is 153 Å². The summed E-state index contributed by atoms with van der Waals surface area (Å²) in [7, 11) is 0. The predicted molar refractivity (Wildman–Crippen MR) is 102 cm³/mol. The topological polar surface area (TPSA) is 58.4 Å². The number of aromatic nitrogens is 2. The summed E-state index contributed by atoms with van der Waals surface area (Å²) >= 11 is 0. The molecule has 2 aliphatic heterocycles. The molecule has 6 heteroatoms. The van der Waals surface area contributed by atoms with Crippen LogP contribution in [0.3, 0.4) is 0 Å². The van der Waals surface area contributed by atoms with Crippen molar-refractivity contribution < 1.29 is 4.79 Å². The van der Waals surface area contributed by atoms with Gasteiger partial charge in [-0.15, -0.1) is 0 Å². The fourth-order valence-corrected chi connectivity index (χ4v) is 4.04. The molecular formula is C20H26N4O2. The number of anilines is 1. The number of para-hydroxylation sites is 2. The van der Waals surface area contributed by atoms with Gasteiger partial charge >= 0.3 is 0 Å². The van der Waals surface area contributed by atoms with Crippen LogP contribution in [0.5, 0.6) is 0 Å². The van der Waals surface area contributed by atoms with Crippen molar-refractivity contribution in [2.75, 3.05) is 31.1 Å². The third-order valence-electron chi connectivity index (χ3n) is 5.50. The van der Waals surface area contributed by atoms with E-state index in [1.54, 1.807) is 4.57 Å². The quantitative estimate of drug-likeness (QED) is 0.846. The molecule has 2 fully saturated rings. The summed E-state index contributed by atoms with van der Waals surface area (Å²) in [6.07, 6.45) is 5.95. The smallest absolute Gasteiger partial charge is 0.294 e. The van der Waals surface area contributed by atoms with Crippen LogP contribution in [0.2, 0.25) is 0 Å². The van der Waals surface area contributed by atoms with E-state index in [0.29, 0.717) is 18.8 Å². The van der Waals surface area contributed by atoms with Gasteiger partial charge in [0.05, 0.1) is 11.0 Å². The number of hydrogen-bond donors (Lipinski definition) is 0. The molecule has 0 radical (unpaired) electrons. The van der Waals surface area contributed by atoms with Crippen LogP contribution in [0.15, 0.2) is 29.1 Å². The van der Waals surface area contributed by atoms with Crippen LogP contribution >= 0.6 is 0 Å². The predicted octanol–water partition coefficient (Wildman–Crippen LogP) is 2.40. The summed E-state index contributed by atoms with van der Waals surface area (Å²) in [5.41, 5.74) is 1.56. The molecule has 0 aliphatic carbocycles. The van der Waals surface area contributed by atoms with E-state index in [-0.39, 0.29) is 11.5 Å². The Morgan fingerprint density at radius 1 is 0.962 bits per heavy atom. The lowest BCUT2D eigenvalue weighted by atomic mass is 10.1. The highest BCUT2D eigenvalue weighted by atomic mass is 16.2. The lowest BCUT2D eigenvalue weighted by Gasteiger charge is -2.28. The average molecular weight is 354 g/mol. The van der Waals surface area contributed by atoms with Crippen molar-refractivity contribution in [3.8, 4) is 0 Å². The molecule has 138 valence electrons. The van der Waals surface area contributed by atoms with E-state index in [1.807, 2.05) is 29.2 Å². The van der Waals surface area contributed by atoms with E-state index in [1.165, 1.54) is 6.42 Å². The number of fused-ring (bicyclic) bond motifs is 1. The van der Waals surface area contributed by atoms with Gasteiger partial charge in [-0.05, 0) is 44.2 Å². The summed E-state index contributed by atoms with van der Waals surface area (Å²) in [5.74, 6) is 0.687. The van der Waals surface area contributed by atoms with Crippen molar-refractivity contribution in [3.05, 3.63) is 34.6 Å². The van der Waals surface area contributed by atoms with Gasteiger partial charge in [-0.1, -0.05) is 12.1 Å². The molecule has 6 nitrogen and oxygen atoms in total. The maximum Gasteiger partial charge on any atom is 0.294 e. The van der Waals surface area contributed by atoms with Crippen LogP contribution in [0.4, 0.5) is 5.82 Å². The first kappa shape index (κ1) is 17.1. The average Bonchev–Trinajstić information content (AvgIpc) is 3.22. The standard InChI is InChI=1S/C20H26N4O2/c25-18(22-11-6-7-12-22)10-15-24-17-9-3-2-8-16(17)21-19(20(24)26)23-13-4-1-5-14-23/h2-3,8-9H,1,4-7,10-15H2. The van der Waals surface area contributed by atoms with Gasteiger partial charge < -0.3 is 14.4 Å². The van der Waals surface area contributed by atoms with Gasteiger partial charge in [0.25, 0.3) is 5.56 Å². The van der Waals surface area contributed by atoms with Crippen LogP contribution in [-0.4, -0.2) is 46.5 Å². The maximum absolute atomic E-state index is 13.1. The number of carbonyl (C=O) groups excluding carboxylic acids is 1. The van der Waals surface area contributed by atoms with E-state index in [0.717, 1.165) is 62.9 Å². The largest absolute Gasteiger partial charge is 0.352 e. The van der Waals surface area contributed by atoms with E-state index in [9.17, 15) is 9.59 Å². The number of hydrogen-bond acceptors (Lipinski definition) is 4. The minimum Gasteiger partial charge on any atom is -0.352 e. The summed E-state index contributed by atoms with van der Waals surface area (Å²) in [6, 6.07) is 7.73. The monoisotopic (exact) mass is 354 g/mol. The molecule has 4 rings (SSSR count). The first-order chi connectivity index (χ1) is 12.7. The van der Waals surface area contributed by atoms with E-state index < -0.39 is 0 Å². The van der Waals surface area contributed by atoms with Crippen molar-refractivity contribution in [1.29, 1.82) is 0 Å². The van der Waals surface area contributed by atoms with Gasteiger partial charge in [0, 0.05) is 39.1 Å². The Balaban J connectivity index is 1.66. The molecule has 1 aromatic heterocycles. The summed E-state index contributed by atoms with van der Waals surface area (Å²) in [5, 5.41) is 0. The molecule has 0 spiro atoms. The second-order valence-electron chi connectivity index (χ2n) is 7.27. The lowest BCUT2D eigenvalue weighted by molar-refractivity contribution is -0.130. The normalized spacial score (nSPS) is 17.8. The number of rotatable bonds is 4. The van der Waals surface area contributed by atoms with Crippen molar-refractivity contribution in [2.45, 2.75) is 45.1 Å². The fraction of sp³-hybridized carbons (Fsp3) is 0.550. The molecule has 2 saturated heterocycles. The Hall–Kier alpha value is -2.37. The summed E-state index contributed by atoms with van der Waals surface area (Å²) in [4.78, 5) is 34.3. The molecule has 0 N–H and O–H groups in total. The molecule has 1 aromatic carbocycles. The molecule has 1 amide bonds. The lowest BCUT2D eigenvalue weighted by Crippen LogP contribution is -2.37. The maximum atomic E-state index is 13.1. The highest BCUT2D eigenvalue weighted by Crippen LogP contribution is 2.19. The van der Waals surface area contributed by atoms with Gasteiger partial charge in [0.1, 0.15) is 0 Å². The molecule has 0 unspecified atom stereocenters. The molecule has 0 bridgehead atoms. The van der Waals surface area contributed by atoms with Gasteiger partial charge in [-0.3, -0.25) is 9.59 Å². The third kappa shape index (κ3) is 3.32. The van der Waals surface area contributed by atoms with Crippen LogP contribution < -0.4 is 10.5 Å². The number of nitrogens with zero attached hydrogens (tertiary/aromatic N) is 4. The van der Waals surface area contributed by atoms with Gasteiger partial charge in [-0.2, -0.15) is 0 Å². The van der Waals surface area contributed by atoms with Crippen molar-refractivity contribution >= 4 is 22.8 Å². The first-order valence-corrected chi connectivity index (χ1v) is 9.76. The van der Waals surface area contributed by atoms with Crippen LogP contribution in [0.1, 0.15) is 38.5 Å². The second kappa shape index (κ2) is 7.48. The van der Waals surface area contributed by atoms with Gasteiger partial charge in [0.15, 0.2) is 5.82 Å². The number of carbonyl (C=O) groups is 1. The Bertz CT molecular complexity index is 849. The van der Waals surface area contributed by atoms with Crippen LogP contribution in [0, 0.1) is 0 Å². The minimum absolute atomic E-state index is 0.0696. The number of aryl methyl sites for hydroxylation is 1. The third-order valence-corrected chi connectivity index (χ3v) is 5.50. The molecule has 3 heterocycles. The van der Waals surface area contributed by atoms with Gasteiger partial charge in [-0.25, -0.2) is 4.98 Å². The molecule has 0 atom stereocenters. The fourth-order valence-electron chi connectivity index (χ4n) is 4.04. The number of benzene rings is 1. The van der Waals surface area contributed by atoms with E-state index in [2.05, 4.69) is 9.88 Å².